The van der Waals surface area contributed by atoms with Crippen molar-refractivity contribution in [1.82, 2.24) is 0 Å². The summed E-state index contributed by atoms with van der Waals surface area (Å²) in [4.78, 5) is 12.3. The normalized spacial score (nSPS) is 16.9. The SMILES string of the molecule is CC(C)(C)C(=O)c1ccccc1C1CCC1. The average Bonchev–Trinajstić information content (AvgIpc) is 2.13. The summed E-state index contributed by atoms with van der Waals surface area (Å²) in [6, 6.07) is 8.14. The predicted molar refractivity (Wildman–Crippen MR) is 66.8 cm³/mol. The standard InChI is InChI=1S/C15H20O/c1-15(2,3)14(16)13-10-5-4-9-12(13)11-7-6-8-11/h4-5,9-11H,6-8H2,1-3H3. The Kier molecular flexibility index (Phi) is 2.88. The van der Waals surface area contributed by atoms with E-state index in [9.17, 15) is 4.79 Å². The van der Waals surface area contributed by atoms with E-state index in [0.717, 1.165) is 5.56 Å². The lowest BCUT2D eigenvalue weighted by atomic mass is 9.75. The Morgan fingerprint density at radius 2 is 1.81 bits per heavy atom. The van der Waals surface area contributed by atoms with Crippen molar-refractivity contribution >= 4 is 5.78 Å². The largest absolute Gasteiger partial charge is 0.294 e. The van der Waals surface area contributed by atoms with Gasteiger partial charge in [-0.05, 0) is 24.3 Å². The Morgan fingerprint density at radius 1 is 1.19 bits per heavy atom. The lowest BCUT2D eigenvalue weighted by Crippen LogP contribution is -2.23. The van der Waals surface area contributed by atoms with Crippen LogP contribution in [0.4, 0.5) is 0 Å². The number of Topliss-reactive ketones (excluding diaryl/α,β-unsaturated/α-hetero) is 1. The van der Waals surface area contributed by atoms with Gasteiger partial charge in [-0.1, -0.05) is 51.5 Å². The van der Waals surface area contributed by atoms with Gasteiger partial charge in [0.05, 0.1) is 0 Å². The molecule has 16 heavy (non-hydrogen) atoms. The summed E-state index contributed by atoms with van der Waals surface area (Å²) in [6.07, 6.45) is 3.80. The van der Waals surface area contributed by atoms with Gasteiger partial charge < -0.3 is 0 Å². The van der Waals surface area contributed by atoms with Gasteiger partial charge >= 0.3 is 0 Å². The first kappa shape index (κ1) is 11.4. The summed E-state index contributed by atoms with van der Waals surface area (Å²) in [5, 5.41) is 0. The molecule has 0 amide bonds. The van der Waals surface area contributed by atoms with Crippen molar-refractivity contribution in [3.8, 4) is 0 Å². The minimum absolute atomic E-state index is 0.273. The van der Waals surface area contributed by atoms with Gasteiger partial charge in [-0.2, -0.15) is 0 Å². The van der Waals surface area contributed by atoms with E-state index in [1.54, 1.807) is 0 Å². The molecule has 1 aromatic rings. The Hall–Kier alpha value is -1.11. The van der Waals surface area contributed by atoms with Crippen LogP contribution >= 0.6 is 0 Å². The van der Waals surface area contributed by atoms with E-state index in [-0.39, 0.29) is 11.2 Å². The topological polar surface area (TPSA) is 17.1 Å². The summed E-state index contributed by atoms with van der Waals surface area (Å²) in [5.41, 5.74) is 1.94. The maximum Gasteiger partial charge on any atom is 0.168 e. The monoisotopic (exact) mass is 216 g/mol. The molecule has 0 N–H and O–H groups in total. The van der Waals surface area contributed by atoms with Gasteiger partial charge in [-0.15, -0.1) is 0 Å². The highest BCUT2D eigenvalue weighted by molar-refractivity contribution is 6.01. The van der Waals surface area contributed by atoms with Gasteiger partial charge in [0.15, 0.2) is 5.78 Å². The van der Waals surface area contributed by atoms with Gasteiger partial charge in [0, 0.05) is 11.0 Å². The van der Waals surface area contributed by atoms with Crippen LogP contribution in [-0.4, -0.2) is 5.78 Å². The summed E-state index contributed by atoms with van der Waals surface area (Å²) in [6.45, 7) is 5.98. The number of hydrogen-bond acceptors (Lipinski definition) is 1. The molecule has 1 aromatic carbocycles. The number of ketones is 1. The molecule has 0 aliphatic heterocycles. The highest BCUT2D eigenvalue weighted by Crippen LogP contribution is 2.39. The molecule has 86 valence electrons. The zero-order valence-corrected chi connectivity index (χ0v) is 10.4. The van der Waals surface area contributed by atoms with Crippen LogP contribution in [0.25, 0.3) is 0 Å². The van der Waals surface area contributed by atoms with E-state index in [1.807, 2.05) is 39.0 Å². The summed E-state index contributed by atoms with van der Waals surface area (Å²) in [5.74, 6) is 0.900. The van der Waals surface area contributed by atoms with Crippen molar-refractivity contribution in [3.05, 3.63) is 35.4 Å². The molecule has 1 aliphatic carbocycles. The average molecular weight is 216 g/mol. The van der Waals surface area contributed by atoms with E-state index in [2.05, 4.69) is 6.07 Å². The Balaban J connectivity index is 2.36. The van der Waals surface area contributed by atoms with Crippen LogP contribution in [-0.2, 0) is 0 Å². The molecule has 0 saturated heterocycles. The van der Waals surface area contributed by atoms with Crippen LogP contribution in [0, 0.1) is 5.41 Å². The van der Waals surface area contributed by atoms with E-state index in [0.29, 0.717) is 5.92 Å². The third kappa shape index (κ3) is 2.04. The molecule has 0 radical (unpaired) electrons. The Morgan fingerprint density at radius 3 is 2.31 bits per heavy atom. The lowest BCUT2D eigenvalue weighted by Gasteiger charge is -2.29. The van der Waals surface area contributed by atoms with Crippen LogP contribution in [0.2, 0.25) is 0 Å². The smallest absolute Gasteiger partial charge is 0.168 e. The van der Waals surface area contributed by atoms with Crippen molar-refractivity contribution in [1.29, 1.82) is 0 Å². The highest BCUT2D eigenvalue weighted by atomic mass is 16.1. The predicted octanol–water partition coefficient (Wildman–Crippen LogP) is 4.18. The van der Waals surface area contributed by atoms with Crippen LogP contribution < -0.4 is 0 Å². The zero-order chi connectivity index (χ0) is 11.8. The van der Waals surface area contributed by atoms with Crippen molar-refractivity contribution < 1.29 is 4.79 Å². The molecule has 1 heteroatoms. The number of rotatable bonds is 2. The second kappa shape index (κ2) is 4.04. The first-order valence-corrected chi connectivity index (χ1v) is 6.14. The number of benzene rings is 1. The zero-order valence-electron chi connectivity index (χ0n) is 10.4. The number of carbonyl (C=O) groups is 1. The molecule has 1 saturated carbocycles. The van der Waals surface area contributed by atoms with E-state index < -0.39 is 0 Å². The maximum atomic E-state index is 12.3. The summed E-state index contributed by atoms with van der Waals surface area (Å²) in [7, 11) is 0. The minimum atomic E-state index is -0.278. The van der Waals surface area contributed by atoms with E-state index in [1.165, 1.54) is 24.8 Å². The third-order valence-electron chi connectivity index (χ3n) is 3.43. The third-order valence-corrected chi connectivity index (χ3v) is 3.43. The number of hydrogen-bond donors (Lipinski definition) is 0. The molecule has 0 aromatic heterocycles. The molecule has 0 bridgehead atoms. The van der Waals surface area contributed by atoms with Crippen molar-refractivity contribution in [3.63, 3.8) is 0 Å². The van der Waals surface area contributed by atoms with Crippen LogP contribution in [0.3, 0.4) is 0 Å². The van der Waals surface area contributed by atoms with Crippen LogP contribution in [0.15, 0.2) is 24.3 Å². The molecular weight excluding hydrogens is 196 g/mol. The van der Waals surface area contributed by atoms with E-state index in [4.69, 9.17) is 0 Å². The van der Waals surface area contributed by atoms with Crippen molar-refractivity contribution in [2.75, 3.05) is 0 Å². The molecule has 0 spiro atoms. The van der Waals surface area contributed by atoms with E-state index >= 15 is 0 Å². The minimum Gasteiger partial charge on any atom is -0.294 e. The molecular formula is C15H20O. The molecule has 0 unspecified atom stereocenters. The van der Waals surface area contributed by atoms with Crippen LogP contribution in [0.1, 0.15) is 61.9 Å². The Bertz CT molecular complexity index is 394. The molecule has 1 aliphatic rings. The summed E-state index contributed by atoms with van der Waals surface area (Å²) >= 11 is 0. The molecule has 2 rings (SSSR count). The molecule has 1 fully saturated rings. The highest BCUT2D eigenvalue weighted by Gasteiger charge is 2.29. The summed E-state index contributed by atoms with van der Waals surface area (Å²) < 4.78 is 0. The molecule has 0 heterocycles. The molecule has 1 nitrogen and oxygen atoms in total. The van der Waals surface area contributed by atoms with Gasteiger partial charge in [-0.25, -0.2) is 0 Å². The van der Waals surface area contributed by atoms with Crippen molar-refractivity contribution in [2.24, 2.45) is 5.41 Å². The fraction of sp³-hybridized carbons (Fsp3) is 0.533. The number of carbonyl (C=O) groups excluding carboxylic acids is 1. The van der Waals surface area contributed by atoms with Crippen LogP contribution in [0.5, 0.6) is 0 Å². The molecule has 0 atom stereocenters. The second-order valence-electron chi connectivity index (χ2n) is 5.79. The fourth-order valence-electron chi connectivity index (χ4n) is 2.18. The quantitative estimate of drug-likeness (QED) is 0.678. The van der Waals surface area contributed by atoms with Gasteiger partial charge in [0.1, 0.15) is 0 Å². The van der Waals surface area contributed by atoms with Crippen molar-refractivity contribution in [2.45, 2.75) is 46.0 Å². The first-order chi connectivity index (χ1) is 7.50. The lowest BCUT2D eigenvalue weighted by molar-refractivity contribution is 0.0856. The fourth-order valence-corrected chi connectivity index (χ4v) is 2.18. The van der Waals surface area contributed by atoms with Gasteiger partial charge in [0.2, 0.25) is 0 Å². The van der Waals surface area contributed by atoms with Gasteiger partial charge in [0.25, 0.3) is 0 Å². The first-order valence-electron chi connectivity index (χ1n) is 6.14. The second-order valence-corrected chi connectivity index (χ2v) is 5.79. The Labute approximate surface area is 97.9 Å². The maximum absolute atomic E-state index is 12.3. The van der Waals surface area contributed by atoms with Gasteiger partial charge in [-0.3, -0.25) is 4.79 Å².